The molecular formula is C29H54N12O12. The van der Waals surface area contributed by atoms with Gasteiger partial charge < -0.3 is 81.0 Å². The molecule has 0 saturated heterocycles. The number of hydrogen-bond acceptors (Lipinski definition) is 14. The van der Waals surface area contributed by atoms with Crippen molar-refractivity contribution in [3.05, 3.63) is 0 Å². The number of guanidine groups is 1. The van der Waals surface area contributed by atoms with Gasteiger partial charge in [0.15, 0.2) is 12.0 Å². The lowest BCUT2D eigenvalue weighted by Crippen LogP contribution is -2.60. The van der Waals surface area contributed by atoms with Crippen molar-refractivity contribution in [3.63, 3.8) is 0 Å². The van der Waals surface area contributed by atoms with Crippen molar-refractivity contribution in [3.8, 4) is 0 Å². The minimum Gasteiger partial charge on any atom is -0.480 e. The fourth-order valence-corrected chi connectivity index (χ4v) is 4.36. The van der Waals surface area contributed by atoms with E-state index in [2.05, 4.69) is 36.9 Å². The molecule has 7 amide bonds. The van der Waals surface area contributed by atoms with Crippen LogP contribution in [0.5, 0.6) is 0 Å². The van der Waals surface area contributed by atoms with Crippen LogP contribution in [0.2, 0.25) is 0 Å². The molecule has 0 bridgehead atoms. The third-order valence-electron chi connectivity index (χ3n) is 7.34. The minimum atomic E-state index is -1.77. The van der Waals surface area contributed by atoms with E-state index < -0.39 is 115 Å². The molecule has 0 aromatic carbocycles. The van der Waals surface area contributed by atoms with E-state index in [1.54, 1.807) is 0 Å². The molecular weight excluding hydrogens is 708 g/mol. The van der Waals surface area contributed by atoms with E-state index in [4.69, 9.17) is 33.8 Å². The van der Waals surface area contributed by atoms with Gasteiger partial charge in [0.1, 0.15) is 36.3 Å². The summed E-state index contributed by atoms with van der Waals surface area (Å²) >= 11 is 0. The van der Waals surface area contributed by atoms with Gasteiger partial charge in [-0.25, -0.2) is 4.79 Å². The van der Waals surface area contributed by atoms with Crippen LogP contribution in [0.1, 0.15) is 52.4 Å². The van der Waals surface area contributed by atoms with Gasteiger partial charge in [-0.1, -0.05) is 0 Å². The van der Waals surface area contributed by atoms with Gasteiger partial charge >= 0.3 is 5.97 Å². The first kappa shape index (κ1) is 47.8. The van der Waals surface area contributed by atoms with E-state index in [0.717, 1.165) is 6.92 Å². The van der Waals surface area contributed by atoms with Crippen molar-refractivity contribution in [1.29, 1.82) is 0 Å². The summed E-state index contributed by atoms with van der Waals surface area (Å²) in [6.45, 7) is 0.848. The summed E-state index contributed by atoms with van der Waals surface area (Å²) in [5, 5.41) is 51.5. The van der Waals surface area contributed by atoms with E-state index >= 15 is 0 Å². The molecule has 0 aliphatic carbocycles. The lowest BCUT2D eigenvalue weighted by molar-refractivity contribution is -0.145. The number of nitrogens with two attached hydrogens (primary N) is 5. The summed E-state index contributed by atoms with van der Waals surface area (Å²) in [5.74, 6) is -8.98. The molecule has 24 nitrogen and oxygen atoms in total. The van der Waals surface area contributed by atoms with Gasteiger partial charge in [0, 0.05) is 6.54 Å². The first-order valence-electron chi connectivity index (χ1n) is 16.5. The summed E-state index contributed by atoms with van der Waals surface area (Å²) in [6.07, 6.45) is -1.72. The second-order valence-electron chi connectivity index (χ2n) is 11.9. The van der Waals surface area contributed by atoms with Crippen LogP contribution in [0.15, 0.2) is 4.99 Å². The van der Waals surface area contributed by atoms with Crippen LogP contribution in [-0.2, 0) is 38.4 Å². The van der Waals surface area contributed by atoms with Gasteiger partial charge in [-0.3, -0.25) is 38.6 Å². The number of carbonyl (C=O) groups is 8. The maximum atomic E-state index is 13.6. The summed E-state index contributed by atoms with van der Waals surface area (Å²) in [6, 6.07) is -10.7. The quantitative estimate of drug-likeness (QED) is 0.0221. The highest BCUT2D eigenvalue weighted by Gasteiger charge is 2.34. The Balaban J connectivity index is 6.20. The molecule has 302 valence electrons. The number of aliphatic hydroxyl groups is 3. The summed E-state index contributed by atoms with van der Waals surface area (Å²) in [7, 11) is 0. The van der Waals surface area contributed by atoms with E-state index in [9.17, 15) is 53.7 Å². The van der Waals surface area contributed by atoms with Gasteiger partial charge in [0.05, 0.1) is 25.7 Å². The molecule has 24 heteroatoms. The predicted octanol–water partition coefficient (Wildman–Crippen LogP) is -8.25. The Bertz CT molecular complexity index is 1300. The van der Waals surface area contributed by atoms with Gasteiger partial charge in [-0.2, -0.15) is 0 Å². The zero-order valence-electron chi connectivity index (χ0n) is 29.6. The number of amides is 7. The Hall–Kier alpha value is -5.17. The topological polar surface area (TPSA) is 432 Å². The number of aliphatic imine (C=N–C) groups is 1. The third kappa shape index (κ3) is 18.8. The molecule has 0 unspecified atom stereocenters. The van der Waals surface area contributed by atoms with Gasteiger partial charge in [0.2, 0.25) is 41.4 Å². The second-order valence-corrected chi connectivity index (χ2v) is 11.9. The van der Waals surface area contributed by atoms with Crippen LogP contribution in [-0.4, -0.2) is 148 Å². The Morgan fingerprint density at radius 3 is 1.60 bits per heavy atom. The van der Waals surface area contributed by atoms with E-state index in [0.29, 0.717) is 12.8 Å². The van der Waals surface area contributed by atoms with Crippen LogP contribution >= 0.6 is 0 Å². The normalized spacial score (nSPS) is 15.4. The highest BCUT2D eigenvalue weighted by atomic mass is 16.4. The summed E-state index contributed by atoms with van der Waals surface area (Å²) in [4.78, 5) is 105. The molecule has 8 atom stereocenters. The molecule has 0 aliphatic rings. The van der Waals surface area contributed by atoms with Crippen molar-refractivity contribution < 1.29 is 58.8 Å². The van der Waals surface area contributed by atoms with Crippen LogP contribution in [0.3, 0.4) is 0 Å². The van der Waals surface area contributed by atoms with Crippen LogP contribution < -0.4 is 60.6 Å². The number of carboxylic acid groups (broad SMARTS) is 1. The molecule has 0 aliphatic heterocycles. The Kier molecular flexibility index (Phi) is 22.5. The SMILES string of the molecule is C[C@H](NC(=O)[C@@H](N)CO)C(=O)N[C@@H](CO)C(=O)N[C@@H](CC(N)=O)C(=O)N[C@@H](CCCN=C(N)N)C(=O)N[C@@H](CCCCN)C(=O)N[C@H](C(=O)O)[C@@H](C)O. The number of aliphatic carboxylic acids is 1. The molecule has 20 N–H and O–H groups in total. The molecule has 0 aromatic rings. The summed E-state index contributed by atoms with van der Waals surface area (Å²) < 4.78 is 0. The smallest absolute Gasteiger partial charge is 0.328 e. The third-order valence-corrected chi connectivity index (χ3v) is 7.34. The number of nitrogens with one attached hydrogen (secondary N) is 6. The minimum absolute atomic E-state index is 0.0127. The van der Waals surface area contributed by atoms with Gasteiger partial charge in [0.25, 0.3) is 0 Å². The standard InChI is InChI=1S/C29H54N12O12/c1-13(36-23(47)15(31)11-42)22(46)40-19(12-43)27(51)39-18(10-20(32)45)26(50)38-17(7-5-9-35-29(33)34)24(48)37-16(6-3-4-8-30)25(49)41-21(14(2)44)28(52)53/h13-19,21,42-44H,3-12,30-31H2,1-2H3,(H2,32,45)(H,36,47)(H,37,48)(H,38,50)(H,39,51)(H,40,46)(H,41,49)(H,52,53)(H4,33,34,35)/t13-,14+,15-,16-,17-,18-,19-,21-/m0/s1. The van der Waals surface area contributed by atoms with Crippen LogP contribution in [0.25, 0.3) is 0 Å². The van der Waals surface area contributed by atoms with E-state index in [1.165, 1.54) is 6.92 Å². The van der Waals surface area contributed by atoms with Crippen molar-refractivity contribution in [2.75, 3.05) is 26.3 Å². The molecule has 0 rings (SSSR count). The number of hydrogen-bond donors (Lipinski definition) is 15. The largest absolute Gasteiger partial charge is 0.480 e. The molecule has 0 fully saturated rings. The maximum absolute atomic E-state index is 13.6. The zero-order valence-corrected chi connectivity index (χ0v) is 29.6. The monoisotopic (exact) mass is 762 g/mol. The second kappa shape index (κ2) is 24.9. The number of aliphatic hydroxyl groups excluding tert-OH is 3. The number of primary amides is 1. The number of carboxylic acids is 1. The number of rotatable bonds is 26. The number of nitrogens with zero attached hydrogens (tertiary/aromatic N) is 1. The fraction of sp³-hybridized carbons (Fsp3) is 0.690. The Morgan fingerprint density at radius 1 is 0.642 bits per heavy atom. The first-order valence-corrected chi connectivity index (χ1v) is 16.5. The van der Waals surface area contributed by atoms with Crippen LogP contribution in [0, 0.1) is 0 Å². The number of unbranched alkanes of at least 4 members (excludes halogenated alkanes) is 1. The molecule has 0 saturated carbocycles. The number of carbonyl (C=O) groups excluding carboxylic acids is 7. The average Bonchev–Trinajstić information content (AvgIpc) is 3.08. The molecule has 0 heterocycles. The van der Waals surface area contributed by atoms with Crippen LogP contribution in [0.4, 0.5) is 0 Å². The lowest BCUT2D eigenvalue weighted by atomic mass is 10.0. The van der Waals surface area contributed by atoms with Crippen molar-refractivity contribution in [1.82, 2.24) is 31.9 Å². The first-order chi connectivity index (χ1) is 24.8. The van der Waals surface area contributed by atoms with Crippen molar-refractivity contribution >= 4 is 53.3 Å². The highest BCUT2D eigenvalue weighted by Crippen LogP contribution is 2.07. The van der Waals surface area contributed by atoms with E-state index in [1.807, 2.05) is 0 Å². The zero-order chi connectivity index (χ0) is 40.8. The van der Waals surface area contributed by atoms with E-state index in [-0.39, 0.29) is 38.3 Å². The van der Waals surface area contributed by atoms with Crippen molar-refractivity contribution in [2.45, 2.75) is 101 Å². The molecule has 0 aromatic heterocycles. The molecule has 0 spiro atoms. The lowest BCUT2D eigenvalue weighted by Gasteiger charge is -2.27. The van der Waals surface area contributed by atoms with Gasteiger partial charge in [-0.05, 0) is 52.5 Å². The molecule has 0 radical (unpaired) electrons. The Morgan fingerprint density at radius 2 is 1.13 bits per heavy atom. The highest BCUT2D eigenvalue weighted by molar-refractivity contribution is 5.98. The average molecular weight is 763 g/mol. The van der Waals surface area contributed by atoms with Crippen molar-refractivity contribution in [2.24, 2.45) is 33.7 Å². The Labute approximate surface area is 304 Å². The fourth-order valence-electron chi connectivity index (χ4n) is 4.36. The predicted molar refractivity (Wildman–Crippen MR) is 185 cm³/mol. The van der Waals surface area contributed by atoms with Gasteiger partial charge in [-0.15, -0.1) is 0 Å². The molecule has 53 heavy (non-hydrogen) atoms. The maximum Gasteiger partial charge on any atom is 0.328 e. The summed E-state index contributed by atoms with van der Waals surface area (Å²) in [5.41, 5.74) is 26.9.